The fraction of sp³-hybridized carbons (Fsp3) is 0.350. The molecule has 0 spiro atoms. The SMILES string of the molecule is O=C(Cn1nc(-c2ccccc2)ccc1=O)NCCC1=CCCCC1. The predicted molar refractivity (Wildman–Crippen MR) is 98.1 cm³/mol. The Morgan fingerprint density at radius 3 is 2.72 bits per heavy atom. The molecule has 0 aliphatic heterocycles. The number of hydrogen-bond donors (Lipinski definition) is 1. The molecule has 25 heavy (non-hydrogen) atoms. The molecule has 130 valence electrons. The maximum absolute atomic E-state index is 12.1. The van der Waals surface area contributed by atoms with Crippen molar-refractivity contribution >= 4 is 5.91 Å². The lowest BCUT2D eigenvalue weighted by atomic mass is 9.97. The van der Waals surface area contributed by atoms with E-state index in [-0.39, 0.29) is 18.0 Å². The van der Waals surface area contributed by atoms with Crippen LogP contribution in [0.1, 0.15) is 32.1 Å². The van der Waals surface area contributed by atoms with Crippen molar-refractivity contribution in [2.24, 2.45) is 0 Å². The van der Waals surface area contributed by atoms with Gasteiger partial charge < -0.3 is 5.32 Å². The summed E-state index contributed by atoms with van der Waals surface area (Å²) in [6.45, 7) is 0.552. The summed E-state index contributed by atoms with van der Waals surface area (Å²) in [6, 6.07) is 12.7. The normalized spacial score (nSPS) is 14.0. The number of carbonyl (C=O) groups is 1. The molecule has 1 aliphatic rings. The largest absolute Gasteiger partial charge is 0.354 e. The van der Waals surface area contributed by atoms with E-state index in [2.05, 4.69) is 16.5 Å². The lowest BCUT2D eigenvalue weighted by Crippen LogP contribution is -2.34. The Morgan fingerprint density at radius 2 is 1.96 bits per heavy atom. The summed E-state index contributed by atoms with van der Waals surface area (Å²) >= 11 is 0. The van der Waals surface area contributed by atoms with Crippen LogP contribution in [0.25, 0.3) is 11.3 Å². The van der Waals surface area contributed by atoms with Crippen LogP contribution in [0.2, 0.25) is 0 Å². The zero-order valence-electron chi connectivity index (χ0n) is 14.3. The molecule has 1 aromatic carbocycles. The Kier molecular flexibility index (Phi) is 5.77. The third-order valence-corrected chi connectivity index (χ3v) is 4.38. The van der Waals surface area contributed by atoms with Crippen molar-refractivity contribution in [3.05, 3.63) is 64.5 Å². The fourth-order valence-electron chi connectivity index (χ4n) is 3.01. The highest BCUT2D eigenvalue weighted by Crippen LogP contribution is 2.19. The van der Waals surface area contributed by atoms with Crippen molar-refractivity contribution < 1.29 is 4.79 Å². The number of benzene rings is 1. The molecule has 5 nitrogen and oxygen atoms in total. The summed E-state index contributed by atoms with van der Waals surface area (Å²) in [4.78, 5) is 24.1. The molecule has 0 fully saturated rings. The van der Waals surface area contributed by atoms with Crippen LogP contribution in [-0.4, -0.2) is 22.2 Å². The summed E-state index contributed by atoms with van der Waals surface area (Å²) in [5, 5.41) is 7.20. The minimum Gasteiger partial charge on any atom is -0.354 e. The molecule has 0 saturated heterocycles. The molecule has 0 unspecified atom stereocenters. The molecule has 1 amide bonds. The number of aromatic nitrogens is 2. The van der Waals surface area contributed by atoms with Gasteiger partial charge in [0.05, 0.1) is 5.69 Å². The van der Waals surface area contributed by atoms with Crippen molar-refractivity contribution in [1.82, 2.24) is 15.1 Å². The lowest BCUT2D eigenvalue weighted by molar-refractivity contribution is -0.121. The summed E-state index contributed by atoms with van der Waals surface area (Å²) in [5.41, 5.74) is 2.75. The van der Waals surface area contributed by atoms with Gasteiger partial charge in [0.2, 0.25) is 5.91 Å². The van der Waals surface area contributed by atoms with Gasteiger partial charge in [-0.05, 0) is 38.2 Å². The first kappa shape index (κ1) is 17.1. The summed E-state index contributed by atoms with van der Waals surface area (Å²) in [7, 11) is 0. The van der Waals surface area contributed by atoms with Gasteiger partial charge in [0, 0.05) is 18.2 Å². The second-order valence-corrected chi connectivity index (χ2v) is 6.29. The van der Waals surface area contributed by atoms with E-state index in [9.17, 15) is 9.59 Å². The first-order valence-corrected chi connectivity index (χ1v) is 8.80. The Bertz CT molecular complexity index is 809. The highest BCUT2D eigenvalue weighted by molar-refractivity contribution is 5.75. The third kappa shape index (κ3) is 4.89. The Morgan fingerprint density at radius 1 is 1.12 bits per heavy atom. The number of nitrogens with one attached hydrogen (secondary N) is 1. The monoisotopic (exact) mass is 337 g/mol. The summed E-state index contributed by atoms with van der Waals surface area (Å²) in [5.74, 6) is -0.184. The molecule has 3 rings (SSSR count). The van der Waals surface area contributed by atoms with E-state index in [1.165, 1.54) is 29.2 Å². The van der Waals surface area contributed by atoms with Crippen LogP contribution in [0.4, 0.5) is 0 Å². The van der Waals surface area contributed by atoms with Crippen molar-refractivity contribution in [2.45, 2.75) is 38.6 Å². The second kappa shape index (κ2) is 8.42. The lowest BCUT2D eigenvalue weighted by Gasteiger charge is -2.13. The average Bonchev–Trinajstić information content (AvgIpc) is 2.65. The van der Waals surface area contributed by atoms with Crippen LogP contribution in [0.5, 0.6) is 0 Å². The quantitative estimate of drug-likeness (QED) is 0.824. The zero-order chi connectivity index (χ0) is 17.5. The molecular weight excluding hydrogens is 314 g/mol. The van der Waals surface area contributed by atoms with Crippen LogP contribution in [-0.2, 0) is 11.3 Å². The van der Waals surface area contributed by atoms with E-state index >= 15 is 0 Å². The van der Waals surface area contributed by atoms with Gasteiger partial charge in [0.1, 0.15) is 6.54 Å². The average molecular weight is 337 g/mol. The Balaban J connectivity index is 1.59. The first-order chi connectivity index (χ1) is 12.2. The zero-order valence-corrected chi connectivity index (χ0v) is 14.3. The smallest absolute Gasteiger partial charge is 0.267 e. The molecule has 1 N–H and O–H groups in total. The van der Waals surface area contributed by atoms with Gasteiger partial charge in [-0.3, -0.25) is 9.59 Å². The number of rotatable bonds is 6. The second-order valence-electron chi connectivity index (χ2n) is 6.29. The van der Waals surface area contributed by atoms with E-state index in [4.69, 9.17) is 0 Å². The Labute approximate surface area is 147 Å². The molecule has 1 heterocycles. The van der Waals surface area contributed by atoms with Crippen molar-refractivity contribution in [2.75, 3.05) is 6.54 Å². The van der Waals surface area contributed by atoms with E-state index < -0.39 is 0 Å². The van der Waals surface area contributed by atoms with Gasteiger partial charge >= 0.3 is 0 Å². The molecular formula is C20H23N3O2. The molecule has 0 bridgehead atoms. The van der Waals surface area contributed by atoms with E-state index in [1.54, 1.807) is 6.07 Å². The van der Waals surface area contributed by atoms with Crippen LogP contribution < -0.4 is 10.9 Å². The summed E-state index contributed by atoms with van der Waals surface area (Å²) in [6.07, 6.45) is 7.96. The van der Waals surface area contributed by atoms with E-state index in [1.807, 2.05) is 30.3 Å². The van der Waals surface area contributed by atoms with Crippen LogP contribution in [0.15, 0.2) is 58.9 Å². The molecule has 5 heteroatoms. The fourth-order valence-corrected chi connectivity index (χ4v) is 3.01. The topological polar surface area (TPSA) is 64.0 Å². The molecule has 1 aromatic heterocycles. The third-order valence-electron chi connectivity index (χ3n) is 4.38. The minimum absolute atomic E-state index is 0.0570. The van der Waals surface area contributed by atoms with E-state index in [0.717, 1.165) is 24.8 Å². The van der Waals surface area contributed by atoms with Crippen LogP contribution >= 0.6 is 0 Å². The van der Waals surface area contributed by atoms with Gasteiger partial charge in [0.15, 0.2) is 0 Å². The molecule has 1 aliphatic carbocycles. The maximum atomic E-state index is 12.1. The number of hydrogen-bond acceptors (Lipinski definition) is 3. The van der Waals surface area contributed by atoms with Crippen molar-refractivity contribution in [3.63, 3.8) is 0 Å². The van der Waals surface area contributed by atoms with Gasteiger partial charge in [-0.2, -0.15) is 5.10 Å². The number of allylic oxidation sites excluding steroid dienone is 1. The molecule has 0 atom stereocenters. The number of amides is 1. The molecule has 2 aromatic rings. The number of carbonyl (C=O) groups excluding carboxylic acids is 1. The highest BCUT2D eigenvalue weighted by Gasteiger charge is 2.09. The van der Waals surface area contributed by atoms with Crippen LogP contribution in [0, 0.1) is 0 Å². The van der Waals surface area contributed by atoms with Gasteiger partial charge in [-0.15, -0.1) is 0 Å². The van der Waals surface area contributed by atoms with Crippen molar-refractivity contribution in [3.8, 4) is 11.3 Å². The highest BCUT2D eigenvalue weighted by atomic mass is 16.2. The van der Waals surface area contributed by atoms with Crippen molar-refractivity contribution in [1.29, 1.82) is 0 Å². The Hall–Kier alpha value is -2.69. The molecule has 0 radical (unpaired) electrons. The molecule has 0 saturated carbocycles. The van der Waals surface area contributed by atoms with E-state index in [0.29, 0.717) is 12.2 Å². The standard InChI is InChI=1S/C20H23N3O2/c24-19(21-14-13-16-7-3-1-4-8-16)15-23-20(25)12-11-18(22-23)17-9-5-2-6-10-17/h2,5-7,9-12H,1,3-4,8,13-15H2,(H,21,24). The predicted octanol–water partition coefficient (Wildman–Crippen LogP) is 2.92. The first-order valence-electron chi connectivity index (χ1n) is 8.80. The maximum Gasteiger partial charge on any atom is 0.267 e. The van der Waals surface area contributed by atoms with Gasteiger partial charge in [-0.1, -0.05) is 42.0 Å². The van der Waals surface area contributed by atoms with Crippen LogP contribution in [0.3, 0.4) is 0 Å². The number of nitrogens with zero attached hydrogens (tertiary/aromatic N) is 2. The summed E-state index contributed by atoms with van der Waals surface area (Å²) < 4.78 is 1.22. The minimum atomic E-state index is -0.273. The van der Waals surface area contributed by atoms with Gasteiger partial charge in [-0.25, -0.2) is 4.68 Å². The van der Waals surface area contributed by atoms with Gasteiger partial charge in [0.25, 0.3) is 5.56 Å².